The molecule has 0 aromatic rings. The SMILES string of the molecule is NC1=NC(=O)N=C2C1=NC(=O)N2[C@@H]1O[C@H](CO)[C@@H](O)[C@H]1O. The van der Waals surface area contributed by atoms with E-state index in [0.717, 1.165) is 4.90 Å². The molecule has 4 atom stereocenters. The van der Waals surface area contributed by atoms with Crippen molar-refractivity contribution in [1.29, 1.82) is 0 Å². The fraction of sp³-hybridized carbons (Fsp3) is 0.500. The smallest absolute Gasteiger partial charge is 0.371 e. The van der Waals surface area contributed by atoms with Gasteiger partial charge in [-0.2, -0.15) is 15.0 Å². The maximum absolute atomic E-state index is 11.9. The second kappa shape index (κ2) is 4.66. The topological polar surface area (TPSA) is 170 Å². The molecular formula is C10H11N5O6. The zero-order valence-corrected chi connectivity index (χ0v) is 10.4. The first-order valence-corrected chi connectivity index (χ1v) is 5.96. The van der Waals surface area contributed by atoms with Crippen LogP contribution in [0, 0.1) is 0 Å². The van der Waals surface area contributed by atoms with Crippen LogP contribution in [0.1, 0.15) is 0 Å². The first-order chi connectivity index (χ1) is 9.93. The molecule has 3 aliphatic rings. The molecule has 3 rings (SSSR count). The van der Waals surface area contributed by atoms with E-state index >= 15 is 0 Å². The van der Waals surface area contributed by atoms with Gasteiger partial charge in [0.15, 0.2) is 23.6 Å². The number of hydrogen-bond acceptors (Lipinski definition) is 7. The lowest BCUT2D eigenvalue weighted by Gasteiger charge is -2.26. The standard InChI is InChI=1S/C10H11N5O6/c11-6-3-7(14-9(19)13-6)15(10(20)12-3)8-5(18)4(17)2(1-16)21-8/h2,4-5,8,16-18H,1H2,(H2,11,13,19)/t2-,4-,5-,8-/m1/s1. The molecule has 112 valence electrons. The first kappa shape index (κ1) is 13.8. The third-order valence-corrected chi connectivity index (χ3v) is 3.29. The summed E-state index contributed by atoms with van der Waals surface area (Å²) in [6.07, 6.45) is -5.32. The summed E-state index contributed by atoms with van der Waals surface area (Å²) < 4.78 is 5.22. The number of hydrogen-bond donors (Lipinski definition) is 4. The van der Waals surface area contributed by atoms with Crippen LogP contribution in [0.25, 0.3) is 0 Å². The van der Waals surface area contributed by atoms with Crippen molar-refractivity contribution in [3.05, 3.63) is 0 Å². The molecule has 0 aliphatic carbocycles. The minimum atomic E-state index is -1.50. The maximum Gasteiger partial charge on any atom is 0.371 e. The van der Waals surface area contributed by atoms with Crippen molar-refractivity contribution < 1.29 is 29.6 Å². The molecule has 0 saturated carbocycles. The summed E-state index contributed by atoms with van der Waals surface area (Å²) in [7, 11) is 0. The average Bonchev–Trinajstić information content (AvgIpc) is 2.89. The van der Waals surface area contributed by atoms with Gasteiger partial charge in [0.2, 0.25) is 0 Å². The molecule has 1 saturated heterocycles. The van der Waals surface area contributed by atoms with Gasteiger partial charge in [-0.3, -0.25) is 0 Å². The van der Waals surface area contributed by atoms with Gasteiger partial charge in [-0.15, -0.1) is 0 Å². The van der Waals surface area contributed by atoms with E-state index in [2.05, 4.69) is 15.0 Å². The van der Waals surface area contributed by atoms with E-state index in [1.807, 2.05) is 0 Å². The fourth-order valence-electron chi connectivity index (χ4n) is 2.28. The second-order valence-corrected chi connectivity index (χ2v) is 4.56. The maximum atomic E-state index is 11.9. The third kappa shape index (κ3) is 1.94. The lowest BCUT2D eigenvalue weighted by molar-refractivity contribution is -0.0564. The van der Waals surface area contributed by atoms with Crippen molar-refractivity contribution >= 4 is 29.4 Å². The Morgan fingerprint density at radius 1 is 1.19 bits per heavy atom. The number of nitrogens with zero attached hydrogens (tertiary/aromatic N) is 4. The van der Waals surface area contributed by atoms with Crippen molar-refractivity contribution in [2.75, 3.05) is 6.61 Å². The Labute approximate surface area is 117 Å². The molecule has 11 nitrogen and oxygen atoms in total. The summed E-state index contributed by atoms with van der Waals surface area (Å²) in [5.74, 6) is -0.472. The molecule has 0 bridgehead atoms. The number of nitrogens with two attached hydrogens (primary N) is 1. The van der Waals surface area contributed by atoms with Gasteiger partial charge < -0.3 is 25.8 Å². The number of aliphatic hydroxyl groups is 3. The zero-order valence-electron chi connectivity index (χ0n) is 10.4. The summed E-state index contributed by atoms with van der Waals surface area (Å²) in [6, 6.07) is -1.79. The number of fused-ring (bicyclic) bond motifs is 1. The third-order valence-electron chi connectivity index (χ3n) is 3.29. The van der Waals surface area contributed by atoms with Crippen LogP contribution in [0.5, 0.6) is 0 Å². The summed E-state index contributed by atoms with van der Waals surface area (Å²) in [4.78, 5) is 34.5. The number of carbonyl (C=O) groups excluding carboxylic acids is 2. The summed E-state index contributed by atoms with van der Waals surface area (Å²) in [5.41, 5.74) is 5.40. The van der Waals surface area contributed by atoms with Crippen molar-refractivity contribution in [1.82, 2.24) is 4.90 Å². The van der Waals surface area contributed by atoms with Gasteiger partial charge in [-0.25, -0.2) is 14.5 Å². The van der Waals surface area contributed by atoms with Gasteiger partial charge in [-0.05, 0) is 0 Å². The molecule has 0 radical (unpaired) electrons. The van der Waals surface area contributed by atoms with Crippen LogP contribution in [0.4, 0.5) is 9.59 Å². The number of amidine groups is 2. The largest absolute Gasteiger partial charge is 0.394 e. The lowest BCUT2D eigenvalue weighted by Crippen LogP contribution is -2.50. The molecule has 0 spiro atoms. The quantitative estimate of drug-likeness (QED) is 0.426. The Kier molecular flexibility index (Phi) is 3.06. The van der Waals surface area contributed by atoms with Crippen LogP contribution < -0.4 is 5.73 Å². The van der Waals surface area contributed by atoms with Gasteiger partial charge >= 0.3 is 12.1 Å². The number of aliphatic imine (C=N–C) groups is 3. The molecule has 3 aliphatic heterocycles. The molecule has 11 heteroatoms. The van der Waals surface area contributed by atoms with Gasteiger partial charge in [0.1, 0.15) is 18.3 Å². The van der Waals surface area contributed by atoms with Crippen LogP contribution in [0.3, 0.4) is 0 Å². The molecular weight excluding hydrogens is 286 g/mol. The summed E-state index contributed by atoms with van der Waals surface area (Å²) in [6.45, 7) is -0.556. The molecule has 0 unspecified atom stereocenters. The van der Waals surface area contributed by atoms with E-state index in [1.165, 1.54) is 0 Å². The molecule has 4 amide bonds. The summed E-state index contributed by atoms with van der Waals surface area (Å²) in [5, 5.41) is 28.7. The Hall–Kier alpha value is -2.21. The van der Waals surface area contributed by atoms with Crippen molar-refractivity contribution in [3.63, 3.8) is 0 Å². The van der Waals surface area contributed by atoms with Gasteiger partial charge in [0.05, 0.1) is 6.61 Å². The van der Waals surface area contributed by atoms with Crippen LogP contribution in [-0.2, 0) is 4.74 Å². The number of rotatable bonds is 2. The predicted molar refractivity (Wildman–Crippen MR) is 66.9 cm³/mol. The average molecular weight is 297 g/mol. The highest BCUT2D eigenvalue weighted by Crippen LogP contribution is 2.27. The number of urea groups is 2. The highest BCUT2D eigenvalue weighted by Gasteiger charge is 2.51. The molecule has 3 heterocycles. The predicted octanol–water partition coefficient (Wildman–Crippen LogP) is -2.81. The highest BCUT2D eigenvalue weighted by molar-refractivity contribution is 6.72. The Bertz CT molecular complexity index is 613. The molecule has 21 heavy (non-hydrogen) atoms. The monoisotopic (exact) mass is 297 g/mol. The zero-order chi connectivity index (χ0) is 15.3. The summed E-state index contributed by atoms with van der Waals surface area (Å²) >= 11 is 0. The van der Waals surface area contributed by atoms with Crippen LogP contribution in [0.2, 0.25) is 0 Å². The van der Waals surface area contributed by atoms with E-state index in [-0.39, 0.29) is 17.4 Å². The normalized spacial score (nSPS) is 35.6. The molecule has 0 aromatic carbocycles. The van der Waals surface area contributed by atoms with Crippen LogP contribution >= 0.6 is 0 Å². The van der Waals surface area contributed by atoms with Crippen molar-refractivity contribution in [2.45, 2.75) is 24.5 Å². The number of carbonyl (C=O) groups is 2. The minimum Gasteiger partial charge on any atom is -0.394 e. The lowest BCUT2D eigenvalue weighted by atomic mass is 10.1. The van der Waals surface area contributed by atoms with E-state index in [4.69, 9.17) is 15.6 Å². The van der Waals surface area contributed by atoms with Gasteiger partial charge in [0, 0.05) is 0 Å². The number of amides is 4. The molecule has 0 aromatic heterocycles. The Morgan fingerprint density at radius 2 is 1.90 bits per heavy atom. The Morgan fingerprint density at radius 3 is 2.52 bits per heavy atom. The van der Waals surface area contributed by atoms with Crippen molar-refractivity contribution in [2.24, 2.45) is 20.7 Å². The van der Waals surface area contributed by atoms with E-state index < -0.39 is 43.2 Å². The van der Waals surface area contributed by atoms with Crippen LogP contribution in [-0.4, -0.2) is 80.8 Å². The van der Waals surface area contributed by atoms with E-state index in [0.29, 0.717) is 0 Å². The second-order valence-electron chi connectivity index (χ2n) is 4.56. The van der Waals surface area contributed by atoms with Crippen LogP contribution in [0.15, 0.2) is 15.0 Å². The van der Waals surface area contributed by atoms with Crippen molar-refractivity contribution in [3.8, 4) is 0 Å². The molecule has 1 fully saturated rings. The number of aliphatic hydroxyl groups excluding tert-OH is 3. The highest BCUT2D eigenvalue weighted by atomic mass is 16.6. The number of ether oxygens (including phenoxy) is 1. The minimum absolute atomic E-state index is 0.0997. The van der Waals surface area contributed by atoms with E-state index in [9.17, 15) is 19.8 Å². The fourth-order valence-corrected chi connectivity index (χ4v) is 2.28. The van der Waals surface area contributed by atoms with Gasteiger partial charge in [-0.1, -0.05) is 0 Å². The molecule has 5 N–H and O–H groups in total. The Balaban J connectivity index is 1.94. The van der Waals surface area contributed by atoms with Gasteiger partial charge in [0.25, 0.3) is 0 Å². The van der Waals surface area contributed by atoms with E-state index in [1.54, 1.807) is 0 Å². The first-order valence-electron chi connectivity index (χ1n) is 5.96.